The van der Waals surface area contributed by atoms with E-state index >= 15 is 0 Å². The number of nitrogens with zero attached hydrogens (tertiary/aromatic N) is 1. The molecule has 3 aliphatic rings. The molecule has 4 atom stereocenters. The first-order valence-corrected chi connectivity index (χ1v) is 11.4. The summed E-state index contributed by atoms with van der Waals surface area (Å²) in [5.74, 6) is 3.63. The van der Waals surface area contributed by atoms with Crippen LogP contribution in [-0.2, 0) is 4.79 Å². The fraction of sp³-hybridized carbons (Fsp3) is 0.680. The zero-order chi connectivity index (χ0) is 20.4. The molecule has 3 aliphatic carbocycles. The quantitative estimate of drug-likeness (QED) is 0.447. The second-order valence-corrected chi connectivity index (χ2v) is 9.80. The zero-order valence-electron chi connectivity index (χ0n) is 17.4. The highest BCUT2D eigenvalue weighted by atomic mass is 19.1. The first kappa shape index (κ1) is 20.4. The average Bonchev–Trinajstić information content (AvgIpc) is 2.73. The van der Waals surface area contributed by atoms with E-state index in [1.807, 2.05) is 0 Å². The molecule has 3 saturated carbocycles. The van der Waals surface area contributed by atoms with Gasteiger partial charge in [-0.25, -0.2) is 4.39 Å². The first-order valence-electron chi connectivity index (χ1n) is 11.4. The van der Waals surface area contributed by atoms with Crippen molar-refractivity contribution in [2.75, 3.05) is 0 Å². The third kappa shape index (κ3) is 4.65. The third-order valence-electron chi connectivity index (χ3n) is 7.97. The molecular formula is C25H32FNO2. The number of benzene rings is 1. The van der Waals surface area contributed by atoms with Gasteiger partial charge in [0.05, 0.1) is 11.5 Å². The smallest absolute Gasteiger partial charge is 0.314 e. The molecule has 0 radical (unpaired) electrons. The van der Waals surface area contributed by atoms with Gasteiger partial charge in [0.25, 0.3) is 0 Å². The number of carbonyl (C=O) groups excluding carboxylic acids is 1. The van der Waals surface area contributed by atoms with Crippen LogP contribution in [0, 0.1) is 52.7 Å². The Bertz CT molecular complexity index is 778. The molecule has 0 spiro atoms. The van der Waals surface area contributed by atoms with Gasteiger partial charge >= 0.3 is 5.97 Å². The fourth-order valence-electron chi connectivity index (χ4n) is 6.26. The topological polar surface area (TPSA) is 50.1 Å². The van der Waals surface area contributed by atoms with E-state index in [-0.39, 0.29) is 23.2 Å². The SMILES string of the molecule is CC1CCC2CC(C3CCC(C(=O)Oc4ccc(C#N)c(F)c4)CC3)CCC2C1. The molecule has 4 unspecified atom stereocenters. The second kappa shape index (κ2) is 8.86. The van der Waals surface area contributed by atoms with Crippen LogP contribution >= 0.6 is 0 Å². The molecule has 4 heteroatoms. The van der Waals surface area contributed by atoms with E-state index in [0.717, 1.165) is 61.3 Å². The molecule has 0 bridgehead atoms. The molecule has 0 aromatic heterocycles. The lowest BCUT2D eigenvalue weighted by Gasteiger charge is -2.44. The number of halogens is 1. The largest absolute Gasteiger partial charge is 0.426 e. The van der Waals surface area contributed by atoms with Crippen molar-refractivity contribution in [2.24, 2.45) is 35.5 Å². The molecule has 0 heterocycles. The van der Waals surface area contributed by atoms with Gasteiger partial charge in [-0.2, -0.15) is 5.26 Å². The minimum Gasteiger partial charge on any atom is -0.426 e. The number of hydrogen-bond acceptors (Lipinski definition) is 3. The van der Waals surface area contributed by atoms with E-state index in [9.17, 15) is 9.18 Å². The maximum Gasteiger partial charge on any atom is 0.314 e. The summed E-state index contributed by atoms with van der Waals surface area (Å²) >= 11 is 0. The van der Waals surface area contributed by atoms with Crippen LogP contribution in [0.25, 0.3) is 0 Å². The van der Waals surface area contributed by atoms with E-state index in [1.165, 1.54) is 50.7 Å². The van der Waals surface area contributed by atoms with Gasteiger partial charge in [-0.1, -0.05) is 13.3 Å². The van der Waals surface area contributed by atoms with Gasteiger partial charge in [0, 0.05) is 6.07 Å². The summed E-state index contributed by atoms with van der Waals surface area (Å²) in [6.07, 6.45) is 12.4. The molecule has 0 N–H and O–H groups in total. The number of nitriles is 1. The Morgan fingerprint density at radius 2 is 1.59 bits per heavy atom. The lowest BCUT2D eigenvalue weighted by Crippen LogP contribution is -2.35. The number of esters is 1. The van der Waals surface area contributed by atoms with Crippen LogP contribution < -0.4 is 4.74 Å². The number of hydrogen-bond donors (Lipinski definition) is 0. The minimum atomic E-state index is -0.644. The lowest BCUT2D eigenvalue weighted by molar-refractivity contribution is -0.140. The molecule has 0 saturated heterocycles. The van der Waals surface area contributed by atoms with Gasteiger partial charge < -0.3 is 4.74 Å². The predicted molar refractivity (Wildman–Crippen MR) is 110 cm³/mol. The Hall–Kier alpha value is -1.89. The molecule has 0 amide bonds. The Labute approximate surface area is 173 Å². The van der Waals surface area contributed by atoms with Gasteiger partial charge in [0.1, 0.15) is 17.6 Å². The van der Waals surface area contributed by atoms with E-state index in [2.05, 4.69) is 6.92 Å². The third-order valence-corrected chi connectivity index (χ3v) is 7.97. The van der Waals surface area contributed by atoms with Gasteiger partial charge in [-0.05, 0) is 99.5 Å². The molecule has 1 aromatic carbocycles. The van der Waals surface area contributed by atoms with Crippen molar-refractivity contribution in [1.82, 2.24) is 0 Å². The van der Waals surface area contributed by atoms with Crippen molar-refractivity contribution in [1.29, 1.82) is 5.26 Å². The summed E-state index contributed by atoms with van der Waals surface area (Å²) in [5, 5.41) is 8.81. The fourth-order valence-corrected chi connectivity index (χ4v) is 6.26. The Morgan fingerprint density at radius 3 is 2.28 bits per heavy atom. The summed E-state index contributed by atoms with van der Waals surface area (Å²) in [5.41, 5.74) is -0.0348. The molecular weight excluding hydrogens is 365 g/mol. The van der Waals surface area contributed by atoms with E-state index in [1.54, 1.807) is 6.07 Å². The van der Waals surface area contributed by atoms with Crippen LogP contribution in [0.4, 0.5) is 4.39 Å². The van der Waals surface area contributed by atoms with Crippen LogP contribution in [0.2, 0.25) is 0 Å². The van der Waals surface area contributed by atoms with Gasteiger partial charge in [-0.3, -0.25) is 4.79 Å². The number of rotatable bonds is 3. The normalized spacial score (nSPS) is 34.7. The highest BCUT2D eigenvalue weighted by Crippen LogP contribution is 2.49. The number of carbonyl (C=O) groups is 1. The van der Waals surface area contributed by atoms with Gasteiger partial charge in [0.2, 0.25) is 0 Å². The summed E-state index contributed by atoms with van der Waals surface area (Å²) in [6, 6.07) is 5.76. The molecule has 29 heavy (non-hydrogen) atoms. The first-order chi connectivity index (χ1) is 14.0. The Kier molecular flexibility index (Phi) is 6.23. The van der Waals surface area contributed by atoms with Crippen molar-refractivity contribution in [3.8, 4) is 11.8 Å². The Balaban J connectivity index is 1.26. The minimum absolute atomic E-state index is 0.0348. The van der Waals surface area contributed by atoms with Crippen LogP contribution in [0.15, 0.2) is 18.2 Å². The average molecular weight is 398 g/mol. The van der Waals surface area contributed by atoms with Crippen molar-refractivity contribution < 1.29 is 13.9 Å². The van der Waals surface area contributed by atoms with Gasteiger partial charge in [-0.15, -0.1) is 0 Å². The van der Waals surface area contributed by atoms with E-state index < -0.39 is 5.82 Å². The lowest BCUT2D eigenvalue weighted by atomic mass is 9.61. The van der Waals surface area contributed by atoms with Crippen molar-refractivity contribution in [3.05, 3.63) is 29.6 Å². The Morgan fingerprint density at radius 1 is 0.966 bits per heavy atom. The monoisotopic (exact) mass is 397 g/mol. The van der Waals surface area contributed by atoms with Gasteiger partial charge in [0.15, 0.2) is 0 Å². The molecule has 3 nitrogen and oxygen atoms in total. The number of ether oxygens (including phenoxy) is 1. The maximum atomic E-state index is 13.7. The van der Waals surface area contributed by atoms with Crippen molar-refractivity contribution in [2.45, 2.75) is 71.1 Å². The van der Waals surface area contributed by atoms with Crippen molar-refractivity contribution in [3.63, 3.8) is 0 Å². The van der Waals surface area contributed by atoms with Crippen molar-refractivity contribution >= 4 is 5.97 Å². The molecule has 3 fully saturated rings. The highest BCUT2D eigenvalue weighted by Gasteiger charge is 2.38. The summed E-state index contributed by atoms with van der Waals surface area (Å²) < 4.78 is 19.1. The van der Waals surface area contributed by atoms with E-state index in [0.29, 0.717) is 0 Å². The highest BCUT2D eigenvalue weighted by molar-refractivity contribution is 5.75. The molecule has 1 aromatic rings. The number of fused-ring (bicyclic) bond motifs is 1. The molecule has 156 valence electrons. The van der Waals surface area contributed by atoms with Crippen LogP contribution in [0.1, 0.15) is 76.7 Å². The second-order valence-electron chi connectivity index (χ2n) is 9.80. The van der Waals surface area contributed by atoms with Crippen LogP contribution in [0.5, 0.6) is 5.75 Å². The zero-order valence-corrected chi connectivity index (χ0v) is 17.4. The van der Waals surface area contributed by atoms with Crippen LogP contribution in [-0.4, -0.2) is 5.97 Å². The molecule has 0 aliphatic heterocycles. The summed E-state index contributed by atoms with van der Waals surface area (Å²) in [4.78, 5) is 12.5. The van der Waals surface area contributed by atoms with E-state index in [4.69, 9.17) is 10.00 Å². The summed E-state index contributed by atoms with van der Waals surface area (Å²) in [6.45, 7) is 2.41. The standard InChI is InChI=1S/C25H32FNO2/c1-16-2-3-21-13-20(9-8-19(21)12-16)17-4-6-18(7-5-17)25(28)29-23-11-10-22(15-27)24(26)14-23/h10-11,14,16-21H,2-9,12-13H2,1H3. The maximum absolute atomic E-state index is 13.7. The molecule has 4 rings (SSSR count). The predicted octanol–water partition coefficient (Wildman–Crippen LogP) is 6.26. The summed E-state index contributed by atoms with van der Waals surface area (Å²) in [7, 11) is 0. The van der Waals surface area contributed by atoms with Crippen LogP contribution in [0.3, 0.4) is 0 Å².